The van der Waals surface area contributed by atoms with Crippen molar-refractivity contribution < 1.29 is 9.84 Å². The third-order valence-electron chi connectivity index (χ3n) is 1.66. The van der Waals surface area contributed by atoms with Crippen LogP contribution in [-0.2, 0) is 4.74 Å². The molecule has 0 aromatic rings. The molecule has 0 saturated carbocycles. The van der Waals surface area contributed by atoms with Crippen molar-refractivity contribution in [3.63, 3.8) is 0 Å². The second-order valence-electron chi connectivity index (χ2n) is 2.37. The summed E-state index contributed by atoms with van der Waals surface area (Å²) in [5, 5.41) is 16.1. The summed E-state index contributed by atoms with van der Waals surface area (Å²) >= 11 is 0. The first-order valence-electron chi connectivity index (χ1n) is 3.42. The number of allylic oxidation sites excluding steroid dienone is 1. The Morgan fingerprint density at radius 1 is 1.82 bits per heavy atom. The lowest BCUT2D eigenvalue weighted by atomic mass is 10.0. The first-order valence-corrected chi connectivity index (χ1v) is 3.42. The average Bonchev–Trinajstić information content (AvgIpc) is 2.05. The van der Waals surface area contributed by atoms with Gasteiger partial charge < -0.3 is 15.3 Å². The van der Waals surface area contributed by atoms with Crippen LogP contribution in [0.15, 0.2) is 23.5 Å². The minimum absolute atomic E-state index is 0.00231. The van der Waals surface area contributed by atoms with Gasteiger partial charge >= 0.3 is 0 Å². The van der Waals surface area contributed by atoms with Crippen molar-refractivity contribution in [1.82, 2.24) is 0 Å². The molecule has 11 heavy (non-hydrogen) atoms. The third kappa shape index (κ3) is 1.68. The van der Waals surface area contributed by atoms with Gasteiger partial charge in [0.05, 0.1) is 6.10 Å². The van der Waals surface area contributed by atoms with Crippen LogP contribution in [0.25, 0.3) is 0 Å². The van der Waals surface area contributed by atoms with Crippen molar-refractivity contribution in [2.45, 2.75) is 12.5 Å². The van der Waals surface area contributed by atoms with Gasteiger partial charge in [0.1, 0.15) is 5.76 Å². The fourth-order valence-electron chi connectivity index (χ4n) is 0.986. The van der Waals surface area contributed by atoms with E-state index < -0.39 is 0 Å². The number of aliphatic hydroxyl groups excluding tert-OH is 1. The SMILES string of the molecule is COC1C=C(C=N)C(O)=CC1. The summed E-state index contributed by atoms with van der Waals surface area (Å²) < 4.78 is 5.04. The number of rotatable bonds is 2. The molecule has 0 aromatic carbocycles. The molecule has 1 rings (SSSR count). The van der Waals surface area contributed by atoms with Crippen LogP contribution in [0.3, 0.4) is 0 Å². The van der Waals surface area contributed by atoms with Crippen LogP contribution in [0, 0.1) is 5.41 Å². The highest BCUT2D eigenvalue weighted by Gasteiger charge is 2.11. The van der Waals surface area contributed by atoms with Gasteiger partial charge in [-0.1, -0.05) is 0 Å². The fraction of sp³-hybridized carbons (Fsp3) is 0.375. The normalized spacial score (nSPS) is 23.9. The zero-order valence-corrected chi connectivity index (χ0v) is 6.37. The number of methoxy groups -OCH3 is 1. The summed E-state index contributed by atoms with van der Waals surface area (Å²) in [6, 6.07) is 0. The number of hydrogen-bond donors (Lipinski definition) is 2. The number of aliphatic hydroxyl groups is 1. The second kappa shape index (κ2) is 3.34. The zero-order chi connectivity index (χ0) is 8.27. The van der Waals surface area contributed by atoms with Crippen molar-refractivity contribution in [3.05, 3.63) is 23.5 Å². The molecule has 60 valence electrons. The molecule has 0 fully saturated rings. The van der Waals surface area contributed by atoms with Gasteiger partial charge in [0.25, 0.3) is 0 Å². The molecule has 1 aliphatic rings. The largest absolute Gasteiger partial charge is 0.508 e. The first kappa shape index (κ1) is 8.01. The molecule has 1 unspecified atom stereocenters. The lowest BCUT2D eigenvalue weighted by molar-refractivity contribution is 0.140. The molecule has 3 heteroatoms. The summed E-state index contributed by atoms with van der Waals surface area (Å²) in [5.41, 5.74) is 0.531. The zero-order valence-electron chi connectivity index (χ0n) is 6.37. The van der Waals surface area contributed by atoms with Crippen LogP contribution in [0.5, 0.6) is 0 Å². The summed E-state index contributed by atoms with van der Waals surface area (Å²) in [6.45, 7) is 0. The number of ether oxygens (including phenoxy) is 1. The number of hydrogen-bond acceptors (Lipinski definition) is 3. The maximum atomic E-state index is 9.17. The Morgan fingerprint density at radius 3 is 3.09 bits per heavy atom. The van der Waals surface area contributed by atoms with E-state index >= 15 is 0 Å². The van der Waals surface area contributed by atoms with Gasteiger partial charge in [-0.2, -0.15) is 0 Å². The van der Waals surface area contributed by atoms with Crippen LogP contribution >= 0.6 is 0 Å². The second-order valence-corrected chi connectivity index (χ2v) is 2.37. The highest BCUT2D eigenvalue weighted by atomic mass is 16.5. The Morgan fingerprint density at radius 2 is 2.55 bits per heavy atom. The Bertz CT molecular complexity index is 218. The minimum Gasteiger partial charge on any atom is -0.508 e. The molecule has 0 bridgehead atoms. The summed E-state index contributed by atoms with van der Waals surface area (Å²) in [5.74, 6) is 0.174. The molecular formula is C8H11NO2. The van der Waals surface area contributed by atoms with E-state index in [2.05, 4.69) is 0 Å². The molecule has 0 amide bonds. The predicted molar refractivity (Wildman–Crippen MR) is 43.0 cm³/mol. The maximum absolute atomic E-state index is 9.17. The van der Waals surface area contributed by atoms with Gasteiger partial charge in [0, 0.05) is 18.9 Å². The first-order chi connectivity index (χ1) is 5.27. The molecule has 1 atom stereocenters. The van der Waals surface area contributed by atoms with E-state index in [4.69, 9.17) is 15.3 Å². The molecule has 3 nitrogen and oxygen atoms in total. The van der Waals surface area contributed by atoms with Gasteiger partial charge in [-0.15, -0.1) is 0 Å². The summed E-state index contributed by atoms with van der Waals surface area (Å²) in [4.78, 5) is 0. The lowest BCUT2D eigenvalue weighted by Crippen LogP contribution is -2.12. The van der Waals surface area contributed by atoms with Crippen LogP contribution in [0.4, 0.5) is 0 Å². The highest BCUT2D eigenvalue weighted by Crippen LogP contribution is 2.16. The van der Waals surface area contributed by atoms with Crippen molar-refractivity contribution in [1.29, 1.82) is 5.41 Å². The molecular weight excluding hydrogens is 142 g/mol. The van der Waals surface area contributed by atoms with Gasteiger partial charge in [-0.05, 0) is 18.6 Å². The van der Waals surface area contributed by atoms with Crippen LogP contribution in [-0.4, -0.2) is 24.5 Å². The predicted octanol–water partition coefficient (Wildman–Crippen LogP) is 1.42. The number of nitrogens with one attached hydrogen (secondary N) is 1. The quantitative estimate of drug-likeness (QED) is 0.589. The lowest BCUT2D eigenvalue weighted by Gasteiger charge is -2.14. The van der Waals surface area contributed by atoms with E-state index in [9.17, 15) is 0 Å². The molecule has 0 saturated heterocycles. The summed E-state index contributed by atoms with van der Waals surface area (Å²) in [7, 11) is 1.61. The standard InChI is InChI=1S/C8H11NO2/c1-11-7-2-3-8(10)6(4-7)5-9/h3-5,7,9-10H,2H2,1H3. The van der Waals surface area contributed by atoms with Crippen LogP contribution in [0.2, 0.25) is 0 Å². The van der Waals surface area contributed by atoms with E-state index in [0.717, 1.165) is 6.21 Å². The molecule has 0 radical (unpaired) electrons. The Kier molecular flexibility index (Phi) is 2.44. The molecule has 0 heterocycles. The Labute approximate surface area is 65.5 Å². The van der Waals surface area contributed by atoms with Gasteiger partial charge in [0.15, 0.2) is 0 Å². The van der Waals surface area contributed by atoms with Crippen molar-refractivity contribution >= 4 is 6.21 Å². The fourth-order valence-corrected chi connectivity index (χ4v) is 0.986. The molecule has 0 aromatic heterocycles. The van der Waals surface area contributed by atoms with Gasteiger partial charge in [-0.3, -0.25) is 0 Å². The highest BCUT2D eigenvalue weighted by molar-refractivity contribution is 5.81. The van der Waals surface area contributed by atoms with E-state index in [-0.39, 0.29) is 11.9 Å². The summed E-state index contributed by atoms with van der Waals surface area (Å²) in [6.07, 6.45) is 5.20. The van der Waals surface area contributed by atoms with E-state index in [1.807, 2.05) is 0 Å². The van der Waals surface area contributed by atoms with Crippen molar-refractivity contribution in [2.75, 3.05) is 7.11 Å². The molecule has 2 N–H and O–H groups in total. The molecule has 0 aliphatic heterocycles. The molecule has 1 aliphatic carbocycles. The van der Waals surface area contributed by atoms with E-state index in [0.29, 0.717) is 12.0 Å². The molecule has 0 spiro atoms. The van der Waals surface area contributed by atoms with Gasteiger partial charge in [0.2, 0.25) is 0 Å². The Balaban J connectivity index is 2.77. The van der Waals surface area contributed by atoms with Crippen LogP contribution in [0.1, 0.15) is 6.42 Å². The van der Waals surface area contributed by atoms with E-state index in [1.54, 1.807) is 19.3 Å². The van der Waals surface area contributed by atoms with Crippen molar-refractivity contribution in [3.8, 4) is 0 Å². The van der Waals surface area contributed by atoms with E-state index in [1.165, 1.54) is 0 Å². The Hall–Kier alpha value is -1.09. The van der Waals surface area contributed by atoms with Gasteiger partial charge in [-0.25, -0.2) is 0 Å². The van der Waals surface area contributed by atoms with Crippen molar-refractivity contribution in [2.24, 2.45) is 0 Å². The monoisotopic (exact) mass is 153 g/mol. The van der Waals surface area contributed by atoms with Crippen LogP contribution < -0.4 is 0 Å². The minimum atomic E-state index is 0.00231. The third-order valence-corrected chi connectivity index (χ3v) is 1.66. The average molecular weight is 153 g/mol. The smallest absolute Gasteiger partial charge is 0.120 e. The maximum Gasteiger partial charge on any atom is 0.120 e. The topological polar surface area (TPSA) is 53.3 Å².